The largest absolute Gasteiger partial charge is 0.492 e. The number of halogens is 1. The highest BCUT2D eigenvalue weighted by Gasteiger charge is 2.17. The van der Waals surface area contributed by atoms with Crippen molar-refractivity contribution in [2.45, 2.75) is 18.7 Å². The van der Waals surface area contributed by atoms with Crippen LogP contribution < -0.4 is 15.0 Å². The van der Waals surface area contributed by atoms with E-state index < -0.39 is 10.0 Å². The van der Waals surface area contributed by atoms with Gasteiger partial charge in [-0.2, -0.15) is 0 Å². The Morgan fingerprint density at radius 2 is 1.81 bits per heavy atom. The van der Waals surface area contributed by atoms with E-state index in [1.165, 1.54) is 22.2 Å². The van der Waals surface area contributed by atoms with Crippen LogP contribution in [-0.2, 0) is 17.1 Å². The van der Waals surface area contributed by atoms with Gasteiger partial charge in [0, 0.05) is 25.2 Å². The molecule has 1 N–H and O–H groups in total. The summed E-state index contributed by atoms with van der Waals surface area (Å²) in [5.41, 5.74) is 3.75. The highest BCUT2D eigenvalue weighted by Crippen LogP contribution is 2.38. The first-order valence-corrected chi connectivity index (χ1v) is 14.1. The molecule has 0 bridgehead atoms. The number of aromatic nitrogens is 3. The van der Waals surface area contributed by atoms with E-state index in [2.05, 4.69) is 9.71 Å². The van der Waals surface area contributed by atoms with E-state index >= 15 is 0 Å². The molecule has 0 aliphatic carbocycles. The molecule has 190 valence electrons. The molecule has 0 saturated carbocycles. The first-order chi connectivity index (χ1) is 17.6. The van der Waals surface area contributed by atoms with E-state index in [1.54, 1.807) is 37.4 Å². The van der Waals surface area contributed by atoms with Gasteiger partial charge in [-0.15, -0.1) is 11.3 Å². The fourth-order valence-electron chi connectivity index (χ4n) is 3.94. The van der Waals surface area contributed by atoms with Crippen molar-refractivity contribution in [2.24, 2.45) is 7.05 Å². The summed E-state index contributed by atoms with van der Waals surface area (Å²) in [7, 11) is -1.95. The van der Waals surface area contributed by atoms with Gasteiger partial charge in [0.2, 0.25) is 10.0 Å². The molecule has 0 amide bonds. The number of hydrogen-bond acceptors (Lipinski definition) is 7. The third-order valence-corrected chi connectivity index (χ3v) is 8.61. The van der Waals surface area contributed by atoms with Gasteiger partial charge in [-0.25, -0.2) is 23.1 Å². The minimum absolute atomic E-state index is 0.0930. The molecule has 0 spiro atoms. The fraction of sp³-hybridized carbons (Fsp3) is 0.192. The van der Waals surface area contributed by atoms with Crippen LogP contribution in [0.5, 0.6) is 5.75 Å². The monoisotopic (exact) mass is 554 g/mol. The predicted octanol–water partition coefficient (Wildman–Crippen LogP) is 4.84. The molecule has 8 nitrogen and oxygen atoms in total. The molecule has 0 radical (unpaired) electrons. The Balaban J connectivity index is 1.37. The number of rotatable bonds is 7. The molecule has 0 saturated heterocycles. The highest BCUT2D eigenvalue weighted by molar-refractivity contribution is 7.89. The molecule has 0 aliphatic heterocycles. The second-order valence-electron chi connectivity index (χ2n) is 8.70. The Bertz CT molecular complexity index is 1810. The van der Waals surface area contributed by atoms with Crippen molar-refractivity contribution < 1.29 is 13.2 Å². The first kappa shape index (κ1) is 25.3. The second kappa shape index (κ2) is 9.86. The van der Waals surface area contributed by atoms with Crippen LogP contribution in [-0.4, -0.2) is 36.1 Å². The van der Waals surface area contributed by atoms with Crippen LogP contribution in [0, 0.1) is 13.8 Å². The van der Waals surface area contributed by atoms with Gasteiger partial charge in [0.15, 0.2) is 0 Å². The van der Waals surface area contributed by atoms with E-state index in [0.717, 1.165) is 21.4 Å². The van der Waals surface area contributed by atoms with Gasteiger partial charge >= 0.3 is 0 Å². The molecule has 2 aromatic heterocycles. The van der Waals surface area contributed by atoms with Crippen LogP contribution in [0.1, 0.15) is 11.1 Å². The minimum Gasteiger partial charge on any atom is -0.492 e. The van der Waals surface area contributed by atoms with Gasteiger partial charge < -0.3 is 9.30 Å². The average Bonchev–Trinajstić information content (AvgIpc) is 3.29. The topological polar surface area (TPSA) is 103 Å². The zero-order valence-corrected chi connectivity index (χ0v) is 22.7. The van der Waals surface area contributed by atoms with Gasteiger partial charge in [0.25, 0.3) is 5.56 Å². The molecule has 0 fully saturated rings. The number of sulfonamides is 1. The van der Waals surface area contributed by atoms with Crippen molar-refractivity contribution in [1.29, 1.82) is 0 Å². The molecule has 2 heterocycles. The summed E-state index contributed by atoms with van der Waals surface area (Å²) in [6.07, 6.45) is 1.50. The van der Waals surface area contributed by atoms with Crippen LogP contribution in [0.2, 0.25) is 5.02 Å². The molecule has 11 heteroatoms. The van der Waals surface area contributed by atoms with Gasteiger partial charge in [-0.1, -0.05) is 29.3 Å². The molecule has 3 aromatic carbocycles. The Kier molecular flexibility index (Phi) is 6.76. The lowest BCUT2D eigenvalue weighted by atomic mass is 10.1. The zero-order valence-electron chi connectivity index (χ0n) is 20.3. The van der Waals surface area contributed by atoms with Crippen molar-refractivity contribution in [3.63, 3.8) is 0 Å². The number of hydrogen-bond donors (Lipinski definition) is 1. The second-order valence-corrected chi connectivity index (χ2v) is 11.9. The van der Waals surface area contributed by atoms with Crippen LogP contribution in [0.25, 0.3) is 31.7 Å². The zero-order chi connectivity index (χ0) is 26.3. The van der Waals surface area contributed by atoms with Crippen molar-refractivity contribution in [2.75, 3.05) is 13.2 Å². The Hall–Kier alpha value is -3.31. The number of fused-ring (bicyclic) bond motifs is 2. The first-order valence-electron chi connectivity index (χ1n) is 11.4. The Labute approximate surface area is 222 Å². The van der Waals surface area contributed by atoms with Gasteiger partial charge in [-0.3, -0.25) is 4.79 Å². The summed E-state index contributed by atoms with van der Waals surface area (Å²) in [6.45, 7) is 4.03. The summed E-state index contributed by atoms with van der Waals surface area (Å²) >= 11 is 7.94. The molecule has 5 rings (SSSR count). The molecular weight excluding hydrogens is 532 g/mol. The fourth-order valence-corrected chi connectivity index (χ4v) is 6.30. The summed E-state index contributed by atoms with van der Waals surface area (Å²) in [6, 6.07) is 13.9. The van der Waals surface area contributed by atoms with Crippen molar-refractivity contribution in [3.8, 4) is 16.3 Å². The summed E-state index contributed by atoms with van der Waals surface area (Å²) < 4.78 is 35.5. The van der Waals surface area contributed by atoms with Crippen LogP contribution in [0.4, 0.5) is 0 Å². The molecule has 37 heavy (non-hydrogen) atoms. The molecular formula is C26H23ClN4O4S2. The predicted molar refractivity (Wildman–Crippen MR) is 147 cm³/mol. The molecule has 0 aliphatic rings. The van der Waals surface area contributed by atoms with Gasteiger partial charge in [0.05, 0.1) is 31.8 Å². The van der Waals surface area contributed by atoms with Crippen LogP contribution >= 0.6 is 22.9 Å². The number of aryl methyl sites for hydroxylation is 3. The smallest absolute Gasteiger partial charge is 0.260 e. The lowest BCUT2D eigenvalue weighted by molar-refractivity contribution is 0.323. The van der Waals surface area contributed by atoms with Crippen LogP contribution in [0.15, 0.2) is 64.5 Å². The maximum atomic E-state index is 12.6. The number of ether oxygens (including phenoxy) is 1. The van der Waals surface area contributed by atoms with Crippen molar-refractivity contribution in [3.05, 3.63) is 81.4 Å². The highest BCUT2D eigenvalue weighted by atomic mass is 35.5. The number of thiazole rings is 1. The Morgan fingerprint density at radius 1 is 1.05 bits per heavy atom. The third-order valence-electron chi connectivity index (χ3n) is 5.81. The quantitative estimate of drug-likeness (QED) is 0.289. The van der Waals surface area contributed by atoms with Crippen molar-refractivity contribution in [1.82, 2.24) is 19.3 Å². The normalized spacial score (nSPS) is 11.9. The Morgan fingerprint density at radius 3 is 2.57 bits per heavy atom. The maximum absolute atomic E-state index is 12.6. The van der Waals surface area contributed by atoms with Gasteiger partial charge in [-0.05, 0) is 49.7 Å². The lowest BCUT2D eigenvalue weighted by Crippen LogP contribution is -2.28. The van der Waals surface area contributed by atoms with Crippen molar-refractivity contribution >= 4 is 54.1 Å². The maximum Gasteiger partial charge on any atom is 0.260 e. The third kappa shape index (κ3) is 5.10. The van der Waals surface area contributed by atoms with Gasteiger partial charge in [0.1, 0.15) is 22.9 Å². The average molecular weight is 555 g/mol. The summed E-state index contributed by atoms with van der Waals surface area (Å²) in [4.78, 5) is 22.1. The summed E-state index contributed by atoms with van der Waals surface area (Å²) in [5, 5.41) is 1.63. The van der Waals surface area contributed by atoms with E-state index in [9.17, 15) is 13.2 Å². The van der Waals surface area contributed by atoms with E-state index in [1.807, 2.05) is 32.0 Å². The lowest BCUT2D eigenvalue weighted by Gasteiger charge is -2.09. The minimum atomic E-state index is -3.62. The van der Waals surface area contributed by atoms with E-state index in [-0.39, 0.29) is 23.6 Å². The number of nitrogens with one attached hydrogen (secondary N) is 1. The number of benzene rings is 3. The molecule has 5 aromatic rings. The van der Waals surface area contributed by atoms with E-state index in [0.29, 0.717) is 32.2 Å². The summed E-state index contributed by atoms with van der Waals surface area (Å²) in [5.74, 6) is 0.503. The molecule has 0 atom stereocenters. The number of nitrogens with zero attached hydrogens (tertiary/aromatic N) is 3. The van der Waals surface area contributed by atoms with Crippen LogP contribution in [0.3, 0.4) is 0 Å². The van der Waals surface area contributed by atoms with E-state index in [4.69, 9.17) is 21.3 Å². The standard InChI is InChI=1S/C26H23ClN4O4S2/c1-15-4-6-18(7-5-15)37(33,34)29-8-9-35-17-12-21(27)24-22(13-17)36-25(30-24)19-10-16(2)11-20-23(19)28-14-31(3)26(20)32/h4-7,10-14,29H,8-9H2,1-3H3. The molecule has 0 unspecified atom stereocenters. The SMILES string of the molecule is Cc1ccc(S(=O)(=O)NCCOc2cc(Cl)c3nc(-c4cc(C)cc5c(=O)n(C)cnc45)sc3c2)cc1.